The maximum absolute atomic E-state index is 13.0. The highest BCUT2D eigenvalue weighted by Gasteiger charge is 2.31. The van der Waals surface area contributed by atoms with Crippen molar-refractivity contribution in [2.75, 3.05) is 32.7 Å². The second-order valence-electron chi connectivity index (χ2n) is 8.04. The van der Waals surface area contributed by atoms with Crippen molar-refractivity contribution in [1.29, 1.82) is 0 Å². The molecule has 8 heteroatoms. The van der Waals surface area contributed by atoms with Gasteiger partial charge in [0.2, 0.25) is 11.8 Å². The van der Waals surface area contributed by atoms with Gasteiger partial charge in [-0.3, -0.25) is 19.3 Å². The third-order valence-corrected chi connectivity index (χ3v) is 6.22. The van der Waals surface area contributed by atoms with E-state index in [4.69, 9.17) is 0 Å². The first kappa shape index (κ1) is 23.0. The lowest BCUT2D eigenvalue weighted by Gasteiger charge is -2.37. The molecular weight excluding hydrogens is 412 g/mol. The van der Waals surface area contributed by atoms with E-state index in [1.54, 1.807) is 11.0 Å². The minimum atomic E-state index is -0.560. The van der Waals surface area contributed by atoms with E-state index in [1.807, 2.05) is 55.6 Å². The first-order chi connectivity index (χ1) is 14.9. The molecule has 1 aliphatic rings. The van der Waals surface area contributed by atoms with Crippen molar-refractivity contribution in [2.24, 2.45) is 5.92 Å². The van der Waals surface area contributed by atoms with Crippen LogP contribution in [0.2, 0.25) is 0 Å². The predicted molar refractivity (Wildman–Crippen MR) is 122 cm³/mol. The molecule has 166 valence electrons. The van der Waals surface area contributed by atoms with Gasteiger partial charge in [-0.1, -0.05) is 50.2 Å². The van der Waals surface area contributed by atoms with Crippen molar-refractivity contribution in [2.45, 2.75) is 26.4 Å². The van der Waals surface area contributed by atoms with Crippen LogP contribution in [0.3, 0.4) is 0 Å². The van der Waals surface area contributed by atoms with Gasteiger partial charge in [0, 0.05) is 32.7 Å². The second kappa shape index (κ2) is 11.1. The van der Waals surface area contributed by atoms with Gasteiger partial charge in [-0.2, -0.15) is 0 Å². The maximum atomic E-state index is 13.0. The fourth-order valence-electron chi connectivity index (χ4n) is 3.51. The summed E-state index contributed by atoms with van der Waals surface area (Å²) in [6.07, 6.45) is 0. The molecule has 1 aliphatic heterocycles. The Morgan fingerprint density at radius 3 is 2.32 bits per heavy atom. The Balaban J connectivity index is 1.45. The van der Waals surface area contributed by atoms with Gasteiger partial charge in [0.25, 0.3) is 5.91 Å². The van der Waals surface area contributed by atoms with Crippen molar-refractivity contribution in [3.63, 3.8) is 0 Å². The van der Waals surface area contributed by atoms with Gasteiger partial charge in [0.15, 0.2) is 0 Å². The van der Waals surface area contributed by atoms with Gasteiger partial charge in [-0.15, -0.1) is 11.3 Å². The van der Waals surface area contributed by atoms with Gasteiger partial charge in [0.1, 0.15) is 6.04 Å². The number of hydrogen-bond donors (Lipinski definition) is 2. The number of nitrogens with one attached hydrogen (secondary N) is 2. The first-order valence-corrected chi connectivity index (χ1v) is 11.5. The lowest BCUT2D eigenvalue weighted by Crippen LogP contribution is -2.57. The van der Waals surface area contributed by atoms with E-state index < -0.39 is 6.04 Å². The predicted octanol–water partition coefficient (Wildman–Crippen LogP) is 1.96. The zero-order valence-corrected chi connectivity index (χ0v) is 18.9. The average molecular weight is 443 g/mol. The number of carbonyl (C=O) groups excluding carboxylic acids is 3. The molecule has 1 unspecified atom stereocenters. The van der Waals surface area contributed by atoms with Crippen molar-refractivity contribution in [3.05, 3.63) is 58.3 Å². The average Bonchev–Trinajstić information content (AvgIpc) is 3.32. The van der Waals surface area contributed by atoms with Crippen LogP contribution in [0.15, 0.2) is 47.8 Å². The first-order valence-electron chi connectivity index (χ1n) is 10.6. The van der Waals surface area contributed by atoms with E-state index >= 15 is 0 Å². The van der Waals surface area contributed by atoms with Crippen LogP contribution in [0, 0.1) is 5.92 Å². The summed E-state index contributed by atoms with van der Waals surface area (Å²) < 4.78 is 0. The zero-order chi connectivity index (χ0) is 22.2. The Morgan fingerprint density at radius 1 is 1.00 bits per heavy atom. The molecule has 3 rings (SSSR count). The molecule has 0 bridgehead atoms. The van der Waals surface area contributed by atoms with E-state index in [0.29, 0.717) is 44.1 Å². The van der Waals surface area contributed by atoms with E-state index in [9.17, 15) is 14.4 Å². The number of rotatable bonds is 8. The van der Waals surface area contributed by atoms with E-state index in [1.165, 1.54) is 11.3 Å². The van der Waals surface area contributed by atoms with Gasteiger partial charge in [-0.25, -0.2) is 0 Å². The third-order valence-electron chi connectivity index (χ3n) is 5.35. The molecular formula is C23H30N4O3S. The lowest BCUT2D eigenvalue weighted by molar-refractivity contribution is -0.136. The molecule has 0 radical (unpaired) electrons. The van der Waals surface area contributed by atoms with Crippen LogP contribution in [0.25, 0.3) is 0 Å². The number of hydrogen-bond acceptors (Lipinski definition) is 5. The summed E-state index contributed by atoms with van der Waals surface area (Å²) in [5.74, 6) is -0.311. The van der Waals surface area contributed by atoms with Crippen molar-refractivity contribution >= 4 is 29.1 Å². The van der Waals surface area contributed by atoms with Crippen molar-refractivity contribution in [1.82, 2.24) is 20.4 Å². The summed E-state index contributed by atoms with van der Waals surface area (Å²) in [5.41, 5.74) is 1.07. The Bertz CT molecular complexity index is 862. The number of benzene rings is 1. The molecule has 2 N–H and O–H groups in total. The quantitative estimate of drug-likeness (QED) is 0.655. The topological polar surface area (TPSA) is 81.8 Å². The molecule has 0 spiro atoms. The van der Waals surface area contributed by atoms with Crippen LogP contribution >= 0.6 is 11.3 Å². The minimum absolute atomic E-state index is 0.0155. The molecule has 1 saturated heterocycles. The fourth-order valence-corrected chi connectivity index (χ4v) is 4.14. The number of thiophene rings is 1. The summed E-state index contributed by atoms with van der Waals surface area (Å²) >= 11 is 1.36. The van der Waals surface area contributed by atoms with Crippen LogP contribution in [0.1, 0.15) is 29.1 Å². The SMILES string of the molecule is CC(C)C(NC(=O)c1cccs1)C(=O)N1CCN(CC(=O)NCc2ccccc2)CC1. The molecule has 1 aromatic heterocycles. The zero-order valence-electron chi connectivity index (χ0n) is 18.0. The molecule has 2 aromatic rings. The molecule has 1 atom stereocenters. The van der Waals surface area contributed by atoms with E-state index in [0.717, 1.165) is 5.56 Å². The molecule has 1 aromatic carbocycles. The summed E-state index contributed by atoms with van der Waals surface area (Å²) in [6, 6.07) is 12.8. The molecule has 3 amide bonds. The van der Waals surface area contributed by atoms with E-state index in [2.05, 4.69) is 15.5 Å². The summed E-state index contributed by atoms with van der Waals surface area (Å²) in [5, 5.41) is 7.68. The Kier molecular flexibility index (Phi) is 8.20. The van der Waals surface area contributed by atoms with Gasteiger partial charge < -0.3 is 15.5 Å². The lowest BCUT2D eigenvalue weighted by atomic mass is 10.0. The molecule has 7 nitrogen and oxygen atoms in total. The molecule has 2 heterocycles. The Morgan fingerprint density at radius 2 is 1.71 bits per heavy atom. The molecule has 31 heavy (non-hydrogen) atoms. The summed E-state index contributed by atoms with van der Waals surface area (Å²) in [7, 11) is 0. The number of amides is 3. The second-order valence-corrected chi connectivity index (χ2v) is 8.98. The minimum Gasteiger partial charge on any atom is -0.351 e. The van der Waals surface area contributed by atoms with Crippen LogP contribution in [0.5, 0.6) is 0 Å². The third kappa shape index (κ3) is 6.63. The van der Waals surface area contributed by atoms with Crippen molar-refractivity contribution in [3.8, 4) is 0 Å². The fraction of sp³-hybridized carbons (Fsp3) is 0.435. The molecule has 0 saturated carbocycles. The van der Waals surface area contributed by atoms with E-state index in [-0.39, 0.29) is 23.6 Å². The Hall–Kier alpha value is -2.71. The van der Waals surface area contributed by atoms with Gasteiger partial charge in [0.05, 0.1) is 11.4 Å². The largest absolute Gasteiger partial charge is 0.351 e. The monoisotopic (exact) mass is 442 g/mol. The number of carbonyl (C=O) groups is 3. The normalized spacial score (nSPS) is 15.5. The summed E-state index contributed by atoms with van der Waals surface area (Å²) in [4.78, 5) is 42.2. The van der Waals surface area contributed by atoms with Crippen LogP contribution in [-0.4, -0.2) is 66.3 Å². The standard InChI is InChI=1S/C23H30N4O3S/c1-17(2)21(25-22(29)19-9-6-14-31-19)23(30)27-12-10-26(11-13-27)16-20(28)24-15-18-7-4-3-5-8-18/h3-9,14,17,21H,10-13,15-16H2,1-2H3,(H,24,28)(H,25,29). The van der Waals surface area contributed by atoms with Crippen LogP contribution < -0.4 is 10.6 Å². The highest BCUT2D eigenvalue weighted by molar-refractivity contribution is 7.12. The summed E-state index contributed by atoms with van der Waals surface area (Å²) in [6.45, 7) is 7.05. The highest BCUT2D eigenvalue weighted by atomic mass is 32.1. The highest BCUT2D eigenvalue weighted by Crippen LogP contribution is 2.13. The smallest absolute Gasteiger partial charge is 0.262 e. The van der Waals surface area contributed by atoms with Crippen LogP contribution in [0.4, 0.5) is 0 Å². The van der Waals surface area contributed by atoms with Crippen LogP contribution in [-0.2, 0) is 16.1 Å². The van der Waals surface area contributed by atoms with Gasteiger partial charge in [-0.05, 0) is 22.9 Å². The number of nitrogens with zero attached hydrogens (tertiary/aromatic N) is 2. The molecule has 0 aliphatic carbocycles. The molecule has 1 fully saturated rings. The Labute approximate surface area is 187 Å². The van der Waals surface area contributed by atoms with Gasteiger partial charge >= 0.3 is 0 Å². The number of piperazine rings is 1. The van der Waals surface area contributed by atoms with Crippen molar-refractivity contribution < 1.29 is 14.4 Å². The maximum Gasteiger partial charge on any atom is 0.262 e.